The van der Waals surface area contributed by atoms with Crippen molar-refractivity contribution < 1.29 is 0 Å². The van der Waals surface area contributed by atoms with E-state index in [4.69, 9.17) is 0 Å². The summed E-state index contributed by atoms with van der Waals surface area (Å²) in [6.45, 7) is 12.3. The van der Waals surface area contributed by atoms with Gasteiger partial charge in [-0.25, -0.2) is 0 Å². The first kappa shape index (κ1) is 15.1. The first-order chi connectivity index (χ1) is 9.88. The molecular formula is C21H32. The molecule has 3 aliphatic rings. The van der Waals surface area contributed by atoms with Gasteiger partial charge in [0.25, 0.3) is 0 Å². The molecule has 0 saturated carbocycles. The van der Waals surface area contributed by atoms with Crippen LogP contribution in [0.4, 0.5) is 0 Å². The maximum atomic E-state index is 2.49. The third-order valence-corrected chi connectivity index (χ3v) is 6.64. The summed E-state index contributed by atoms with van der Waals surface area (Å²) in [5, 5.41) is 0. The Morgan fingerprint density at radius 3 is 2.48 bits per heavy atom. The highest BCUT2D eigenvalue weighted by molar-refractivity contribution is 5.47. The van der Waals surface area contributed by atoms with Crippen LogP contribution < -0.4 is 0 Å². The van der Waals surface area contributed by atoms with Gasteiger partial charge in [-0.2, -0.15) is 0 Å². The second kappa shape index (κ2) is 5.14. The summed E-state index contributed by atoms with van der Waals surface area (Å²) in [4.78, 5) is 0. The van der Waals surface area contributed by atoms with Crippen molar-refractivity contribution in [2.24, 2.45) is 28.6 Å². The first-order valence-electron chi connectivity index (χ1n) is 8.93. The second-order valence-electron chi connectivity index (χ2n) is 8.78. The average molecular weight is 284 g/mol. The van der Waals surface area contributed by atoms with Crippen molar-refractivity contribution in [2.45, 2.75) is 66.7 Å². The fourth-order valence-electron chi connectivity index (χ4n) is 5.64. The highest BCUT2D eigenvalue weighted by Gasteiger charge is 2.54. The van der Waals surface area contributed by atoms with E-state index in [0.717, 1.165) is 17.8 Å². The Bertz CT molecular complexity index is 495. The van der Waals surface area contributed by atoms with Gasteiger partial charge in [-0.15, -0.1) is 0 Å². The predicted octanol–water partition coefficient (Wildman–Crippen LogP) is 6.31. The molecule has 0 aromatic rings. The summed E-state index contributed by atoms with van der Waals surface area (Å²) in [6.07, 6.45) is 16.3. The van der Waals surface area contributed by atoms with Crippen molar-refractivity contribution in [2.75, 3.05) is 0 Å². The van der Waals surface area contributed by atoms with Crippen LogP contribution in [0.25, 0.3) is 0 Å². The van der Waals surface area contributed by atoms with Gasteiger partial charge < -0.3 is 0 Å². The standard InChI is InChI=1S/C21H32/c1-15(2)21(20(3,4)5)14-18(16-10-7-6-8-11-16)17-12-9-13-19(17)21/h6-7,9,13,15-16,18H,8,10-12,14H2,1-5H3. The molecule has 0 radical (unpaired) electrons. The number of hydrogen-bond donors (Lipinski definition) is 0. The molecule has 0 heteroatoms. The molecular weight excluding hydrogens is 252 g/mol. The van der Waals surface area contributed by atoms with Crippen molar-refractivity contribution in [3.63, 3.8) is 0 Å². The van der Waals surface area contributed by atoms with Crippen LogP contribution >= 0.6 is 0 Å². The Hall–Kier alpha value is -0.780. The van der Waals surface area contributed by atoms with Crippen LogP contribution in [0.5, 0.6) is 0 Å². The summed E-state index contributed by atoms with van der Waals surface area (Å²) in [6, 6.07) is 0. The van der Waals surface area contributed by atoms with Crippen molar-refractivity contribution in [3.8, 4) is 0 Å². The molecule has 21 heavy (non-hydrogen) atoms. The van der Waals surface area contributed by atoms with Gasteiger partial charge in [0.05, 0.1) is 0 Å². The molecule has 0 saturated heterocycles. The predicted molar refractivity (Wildman–Crippen MR) is 92.1 cm³/mol. The number of hydrogen-bond acceptors (Lipinski definition) is 0. The Morgan fingerprint density at radius 2 is 1.90 bits per heavy atom. The zero-order valence-corrected chi connectivity index (χ0v) is 14.6. The molecule has 3 unspecified atom stereocenters. The van der Waals surface area contributed by atoms with Crippen molar-refractivity contribution in [3.05, 3.63) is 35.5 Å². The third kappa shape index (κ3) is 2.17. The van der Waals surface area contributed by atoms with Crippen LogP contribution in [0, 0.1) is 28.6 Å². The zero-order valence-electron chi connectivity index (χ0n) is 14.6. The molecule has 0 bridgehead atoms. The molecule has 116 valence electrons. The Labute approximate surface area is 131 Å². The molecule has 3 rings (SSSR count). The van der Waals surface area contributed by atoms with Crippen molar-refractivity contribution >= 4 is 0 Å². The minimum Gasteiger partial charge on any atom is -0.0885 e. The average Bonchev–Trinajstić information content (AvgIpc) is 2.98. The summed E-state index contributed by atoms with van der Waals surface area (Å²) < 4.78 is 0. The van der Waals surface area contributed by atoms with Crippen LogP contribution in [0.1, 0.15) is 66.7 Å². The van der Waals surface area contributed by atoms with E-state index < -0.39 is 0 Å². The fourth-order valence-corrected chi connectivity index (χ4v) is 5.64. The molecule has 0 fully saturated rings. The lowest BCUT2D eigenvalue weighted by molar-refractivity contribution is 0.0580. The molecule has 0 spiro atoms. The summed E-state index contributed by atoms with van der Waals surface area (Å²) >= 11 is 0. The van der Waals surface area contributed by atoms with Gasteiger partial charge in [0, 0.05) is 5.41 Å². The Morgan fingerprint density at radius 1 is 1.14 bits per heavy atom. The maximum Gasteiger partial charge on any atom is 0.00299 e. The second-order valence-corrected chi connectivity index (χ2v) is 8.78. The maximum absolute atomic E-state index is 2.49. The van der Waals surface area contributed by atoms with Gasteiger partial charge in [0.1, 0.15) is 0 Å². The first-order valence-corrected chi connectivity index (χ1v) is 8.93. The van der Waals surface area contributed by atoms with E-state index in [1.165, 1.54) is 32.1 Å². The SMILES string of the molecule is CC(C)C1(C(C)(C)C)CC(C2CC=CCC2)C2=C1C=CC2. The fraction of sp³-hybridized carbons (Fsp3) is 0.714. The Kier molecular flexibility index (Phi) is 3.71. The van der Waals surface area contributed by atoms with E-state index >= 15 is 0 Å². The topological polar surface area (TPSA) is 0 Å². The minimum atomic E-state index is 0.343. The molecule has 0 heterocycles. The van der Waals surface area contributed by atoms with Gasteiger partial charge in [-0.3, -0.25) is 0 Å². The molecule has 3 aliphatic carbocycles. The molecule has 0 N–H and O–H groups in total. The van der Waals surface area contributed by atoms with Gasteiger partial charge in [0.2, 0.25) is 0 Å². The van der Waals surface area contributed by atoms with Crippen LogP contribution in [0.2, 0.25) is 0 Å². The van der Waals surface area contributed by atoms with Crippen LogP contribution in [-0.4, -0.2) is 0 Å². The minimum absolute atomic E-state index is 0.343. The van der Waals surface area contributed by atoms with E-state index in [1.807, 2.05) is 0 Å². The number of rotatable bonds is 2. The molecule has 0 nitrogen and oxygen atoms in total. The number of allylic oxidation sites excluding steroid dienone is 6. The summed E-state index contributed by atoms with van der Waals surface area (Å²) in [7, 11) is 0. The Balaban J connectivity index is 2.01. The van der Waals surface area contributed by atoms with Crippen LogP contribution in [-0.2, 0) is 0 Å². The summed E-state index contributed by atoms with van der Waals surface area (Å²) in [5.41, 5.74) is 4.25. The summed E-state index contributed by atoms with van der Waals surface area (Å²) in [5.74, 6) is 2.44. The van der Waals surface area contributed by atoms with E-state index in [2.05, 4.69) is 58.9 Å². The third-order valence-electron chi connectivity index (χ3n) is 6.64. The lowest BCUT2D eigenvalue weighted by atomic mass is 9.56. The molecule has 0 aromatic heterocycles. The highest BCUT2D eigenvalue weighted by atomic mass is 14.6. The lowest BCUT2D eigenvalue weighted by Gasteiger charge is -2.48. The zero-order chi connectivity index (χ0) is 15.3. The monoisotopic (exact) mass is 284 g/mol. The smallest absolute Gasteiger partial charge is 0.00299 e. The van der Waals surface area contributed by atoms with Gasteiger partial charge in [0.15, 0.2) is 0 Å². The van der Waals surface area contributed by atoms with Gasteiger partial charge >= 0.3 is 0 Å². The van der Waals surface area contributed by atoms with Crippen LogP contribution in [0.3, 0.4) is 0 Å². The normalized spacial score (nSPS) is 35.9. The molecule has 0 amide bonds. The largest absolute Gasteiger partial charge is 0.0885 e. The molecule has 3 atom stereocenters. The van der Waals surface area contributed by atoms with E-state index in [9.17, 15) is 0 Å². The van der Waals surface area contributed by atoms with Crippen LogP contribution in [0.15, 0.2) is 35.5 Å². The highest BCUT2D eigenvalue weighted by Crippen LogP contribution is 2.64. The van der Waals surface area contributed by atoms with E-state index in [1.54, 1.807) is 11.1 Å². The van der Waals surface area contributed by atoms with Crippen molar-refractivity contribution in [1.82, 2.24) is 0 Å². The van der Waals surface area contributed by atoms with Gasteiger partial charge in [-0.05, 0) is 60.8 Å². The van der Waals surface area contributed by atoms with Gasteiger partial charge in [-0.1, -0.05) is 64.5 Å². The lowest BCUT2D eigenvalue weighted by Crippen LogP contribution is -2.41. The molecule has 0 aromatic carbocycles. The van der Waals surface area contributed by atoms with E-state index in [0.29, 0.717) is 10.8 Å². The van der Waals surface area contributed by atoms with E-state index in [-0.39, 0.29) is 0 Å². The molecule has 0 aliphatic heterocycles. The quantitative estimate of drug-likeness (QED) is 0.521. The van der Waals surface area contributed by atoms with Crippen molar-refractivity contribution in [1.29, 1.82) is 0 Å².